The molecular weight excluding hydrogens is 308 g/mol. The zero-order valence-electron chi connectivity index (χ0n) is 12.7. The van der Waals surface area contributed by atoms with Crippen molar-refractivity contribution in [1.82, 2.24) is 15.1 Å². The molecule has 24 heavy (non-hydrogen) atoms. The van der Waals surface area contributed by atoms with Crippen LogP contribution in [-0.4, -0.2) is 21.0 Å². The highest BCUT2D eigenvalue weighted by Crippen LogP contribution is 2.27. The molecule has 0 atom stereocenters. The van der Waals surface area contributed by atoms with Crippen LogP contribution in [0.25, 0.3) is 22.6 Å². The number of nitrogens with zero attached hydrogens (tertiary/aromatic N) is 3. The molecular formula is C17H12N4O3. The topological polar surface area (TPSA) is 94.0 Å². The van der Waals surface area contributed by atoms with E-state index in [2.05, 4.69) is 20.4 Å². The van der Waals surface area contributed by atoms with Gasteiger partial charge in [-0.3, -0.25) is 4.79 Å². The predicted molar refractivity (Wildman–Crippen MR) is 86.4 cm³/mol. The Labute approximate surface area is 136 Å². The van der Waals surface area contributed by atoms with E-state index in [-0.39, 0.29) is 11.6 Å². The summed E-state index contributed by atoms with van der Waals surface area (Å²) in [4.78, 5) is 21.2. The average Bonchev–Trinajstić information content (AvgIpc) is 3.25. The Morgan fingerprint density at radius 2 is 2.12 bits per heavy atom. The highest BCUT2D eigenvalue weighted by molar-refractivity contribution is 6.12. The first-order chi connectivity index (χ1) is 11.7. The third-order valence-corrected chi connectivity index (χ3v) is 3.54. The quantitative estimate of drug-likeness (QED) is 0.621. The van der Waals surface area contributed by atoms with Crippen LogP contribution in [0, 0.1) is 6.92 Å². The summed E-state index contributed by atoms with van der Waals surface area (Å²) < 4.78 is 10.6. The molecule has 0 saturated heterocycles. The lowest BCUT2D eigenvalue weighted by atomic mass is 10.1. The van der Waals surface area contributed by atoms with Crippen LogP contribution in [0.1, 0.15) is 16.1 Å². The number of aromatic nitrogens is 3. The van der Waals surface area contributed by atoms with Gasteiger partial charge in [0.05, 0.1) is 22.9 Å². The summed E-state index contributed by atoms with van der Waals surface area (Å²) in [6.07, 6.45) is 3.15. The fraction of sp³-hybridized carbons (Fsp3) is 0.0588. The van der Waals surface area contributed by atoms with Crippen molar-refractivity contribution in [2.45, 2.75) is 6.92 Å². The van der Waals surface area contributed by atoms with E-state index in [9.17, 15) is 4.79 Å². The Morgan fingerprint density at radius 1 is 1.21 bits per heavy atom. The van der Waals surface area contributed by atoms with Crippen LogP contribution < -0.4 is 5.32 Å². The zero-order valence-corrected chi connectivity index (χ0v) is 12.7. The smallest absolute Gasteiger partial charge is 0.259 e. The van der Waals surface area contributed by atoms with E-state index >= 15 is 0 Å². The number of anilines is 1. The molecule has 0 radical (unpaired) electrons. The first-order valence-corrected chi connectivity index (χ1v) is 7.25. The maximum absolute atomic E-state index is 12.7. The molecule has 4 aromatic rings. The van der Waals surface area contributed by atoms with Gasteiger partial charge >= 0.3 is 0 Å². The molecule has 0 spiro atoms. The molecule has 7 nitrogen and oxygen atoms in total. The number of hydrogen-bond donors (Lipinski definition) is 1. The second kappa shape index (κ2) is 5.62. The second-order valence-electron chi connectivity index (χ2n) is 5.15. The van der Waals surface area contributed by atoms with Crippen LogP contribution in [0.15, 0.2) is 57.8 Å². The monoisotopic (exact) mass is 320 g/mol. The lowest BCUT2D eigenvalue weighted by molar-refractivity contribution is 0.102. The van der Waals surface area contributed by atoms with Crippen LogP contribution in [0.2, 0.25) is 0 Å². The number of furan rings is 1. The lowest BCUT2D eigenvalue weighted by Crippen LogP contribution is -2.14. The number of pyridine rings is 2. The van der Waals surface area contributed by atoms with E-state index in [1.165, 1.54) is 0 Å². The van der Waals surface area contributed by atoms with E-state index in [1.807, 2.05) is 0 Å². The third-order valence-electron chi connectivity index (χ3n) is 3.54. The van der Waals surface area contributed by atoms with Crippen molar-refractivity contribution in [3.63, 3.8) is 0 Å². The average molecular weight is 320 g/mol. The Kier molecular flexibility index (Phi) is 3.31. The van der Waals surface area contributed by atoms with Crippen molar-refractivity contribution < 1.29 is 13.7 Å². The van der Waals surface area contributed by atoms with Crippen LogP contribution >= 0.6 is 0 Å². The van der Waals surface area contributed by atoms with E-state index in [0.717, 1.165) is 0 Å². The van der Waals surface area contributed by atoms with E-state index < -0.39 is 0 Å². The molecule has 4 aromatic heterocycles. The molecule has 118 valence electrons. The number of rotatable bonds is 3. The van der Waals surface area contributed by atoms with Gasteiger partial charge in [0, 0.05) is 6.20 Å². The summed E-state index contributed by atoms with van der Waals surface area (Å²) in [6, 6.07) is 10.5. The number of carbonyl (C=O) groups excluding carboxylic acids is 1. The van der Waals surface area contributed by atoms with Crippen LogP contribution in [-0.2, 0) is 0 Å². The largest absolute Gasteiger partial charge is 0.463 e. The molecule has 1 N–H and O–H groups in total. The molecule has 4 rings (SSSR count). The van der Waals surface area contributed by atoms with Crippen molar-refractivity contribution in [2.75, 3.05) is 5.32 Å². The minimum absolute atomic E-state index is 0.285. The number of hydrogen-bond acceptors (Lipinski definition) is 6. The molecule has 0 aliphatic rings. The first-order valence-electron chi connectivity index (χ1n) is 7.25. The van der Waals surface area contributed by atoms with Crippen molar-refractivity contribution in [3.05, 3.63) is 60.1 Å². The molecule has 0 unspecified atom stereocenters. The Morgan fingerprint density at radius 3 is 2.88 bits per heavy atom. The zero-order chi connectivity index (χ0) is 16.5. The van der Waals surface area contributed by atoms with Crippen molar-refractivity contribution in [2.24, 2.45) is 0 Å². The summed E-state index contributed by atoms with van der Waals surface area (Å²) in [7, 11) is 0. The summed E-state index contributed by atoms with van der Waals surface area (Å²) in [5.41, 5.74) is 1.77. The highest BCUT2D eigenvalue weighted by atomic mass is 16.5. The summed E-state index contributed by atoms with van der Waals surface area (Å²) in [5.74, 6) is 0.680. The van der Waals surface area contributed by atoms with Crippen LogP contribution in [0.5, 0.6) is 0 Å². The predicted octanol–water partition coefficient (Wildman–Crippen LogP) is 3.44. The fourth-order valence-electron chi connectivity index (χ4n) is 2.44. The van der Waals surface area contributed by atoms with Crippen molar-refractivity contribution >= 4 is 22.8 Å². The first kappa shape index (κ1) is 14.1. The summed E-state index contributed by atoms with van der Waals surface area (Å²) >= 11 is 0. The van der Waals surface area contributed by atoms with Gasteiger partial charge in [0.2, 0.25) is 0 Å². The molecule has 1 amide bonds. The van der Waals surface area contributed by atoms with Gasteiger partial charge in [0.1, 0.15) is 11.5 Å². The van der Waals surface area contributed by atoms with Crippen molar-refractivity contribution in [1.29, 1.82) is 0 Å². The van der Waals surface area contributed by atoms with Gasteiger partial charge in [-0.05, 0) is 37.3 Å². The molecule has 0 aromatic carbocycles. The minimum atomic E-state index is -0.319. The molecule has 0 aliphatic carbocycles. The highest BCUT2D eigenvalue weighted by Gasteiger charge is 2.20. The van der Waals surface area contributed by atoms with Gasteiger partial charge < -0.3 is 14.3 Å². The van der Waals surface area contributed by atoms with Crippen LogP contribution in [0.3, 0.4) is 0 Å². The third kappa shape index (κ3) is 2.41. The van der Waals surface area contributed by atoms with E-state index in [0.29, 0.717) is 33.9 Å². The minimum Gasteiger partial charge on any atom is -0.463 e. The van der Waals surface area contributed by atoms with Gasteiger partial charge in [0.15, 0.2) is 5.76 Å². The number of amides is 1. The molecule has 0 saturated carbocycles. The lowest BCUT2D eigenvalue weighted by Gasteiger charge is -2.06. The molecule has 0 aliphatic heterocycles. The van der Waals surface area contributed by atoms with Gasteiger partial charge in [-0.25, -0.2) is 9.97 Å². The maximum Gasteiger partial charge on any atom is 0.259 e. The SMILES string of the molecule is Cc1noc2nc(-c3ccco3)cc(C(=O)Nc3ccccn3)c12. The fourth-order valence-corrected chi connectivity index (χ4v) is 2.44. The second-order valence-corrected chi connectivity index (χ2v) is 5.15. The molecule has 0 fully saturated rings. The normalized spacial score (nSPS) is 10.9. The van der Waals surface area contributed by atoms with E-state index in [4.69, 9.17) is 8.94 Å². The maximum atomic E-state index is 12.7. The Balaban J connectivity index is 1.83. The number of nitrogens with one attached hydrogen (secondary N) is 1. The van der Waals surface area contributed by atoms with Crippen molar-refractivity contribution in [3.8, 4) is 11.5 Å². The number of aryl methyl sites for hydroxylation is 1. The van der Waals surface area contributed by atoms with E-state index in [1.54, 1.807) is 55.8 Å². The number of fused-ring (bicyclic) bond motifs is 1. The van der Waals surface area contributed by atoms with Gasteiger partial charge in [-0.15, -0.1) is 0 Å². The standard InChI is InChI=1S/C17H12N4O3/c1-10-15-11(16(22)20-14-6-2-3-7-18-14)9-12(13-5-4-8-23-13)19-17(15)24-21-10/h2-9H,1H3,(H,18,20,22). The molecule has 7 heteroatoms. The Bertz CT molecular complexity index is 1010. The van der Waals surface area contributed by atoms with Crippen LogP contribution in [0.4, 0.5) is 5.82 Å². The number of carbonyl (C=O) groups is 1. The summed E-state index contributed by atoms with van der Waals surface area (Å²) in [6.45, 7) is 1.76. The van der Waals surface area contributed by atoms with Gasteiger partial charge in [-0.1, -0.05) is 11.2 Å². The van der Waals surface area contributed by atoms with Gasteiger partial charge in [0.25, 0.3) is 11.6 Å². The summed E-state index contributed by atoms with van der Waals surface area (Å²) in [5, 5.41) is 7.23. The van der Waals surface area contributed by atoms with Gasteiger partial charge in [-0.2, -0.15) is 0 Å². The Hall–Kier alpha value is -3.48. The molecule has 0 bridgehead atoms. The molecule has 4 heterocycles.